The number of urea groups is 1. The summed E-state index contributed by atoms with van der Waals surface area (Å²) in [7, 11) is 0. The highest BCUT2D eigenvalue weighted by Crippen LogP contribution is 2.25. The number of anilines is 2. The Morgan fingerprint density at radius 3 is 2.64 bits per heavy atom. The van der Waals surface area contributed by atoms with E-state index >= 15 is 0 Å². The van der Waals surface area contributed by atoms with Crippen LogP contribution in [0, 0.1) is 0 Å². The summed E-state index contributed by atoms with van der Waals surface area (Å²) in [5.74, 6) is -0.234. The number of carbonyl (C=O) groups is 2. The van der Waals surface area contributed by atoms with E-state index < -0.39 is 0 Å². The van der Waals surface area contributed by atoms with Gasteiger partial charge in [0.05, 0.1) is 10.2 Å². The highest BCUT2D eigenvalue weighted by atomic mass is 32.1. The molecule has 126 valence electrons. The largest absolute Gasteiger partial charge is 0.325 e. The molecule has 0 atom stereocenters. The summed E-state index contributed by atoms with van der Waals surface area (Å²) < 4.78 is 1.02. The number of benzene rings is 2. The SMILES string of the molecule is O=C(CN1CCN(c2ccccc2)C1=O)Nc1nc2ccccc2s1. The number of hydrogen-bond acceptors (Lipinski definition) is 4. The zero-order valence-corrected chi connectivity index (χ0v) is 14.2. The lowest BCUT2D eigenvalue weighted by atomic mass is 10.3. The lowest BCUT2D eigenvalue weighted by Gasteiger charge is -2.18. The second-order valence-electron chi connectivity index (χ2n) is 5.73. The molecule has 1 aliphatic rings. The number of fused-ring (bicyclic) bond motifs is 1. The molecule has 1 N–H and O–H groups in total. The number of hydrogen-bond donors (Lipinski definition) is 1. The third-order valence-electron chi connectivity index (χ3n) is 4.04. The summed E-state index contributed by atoms with van der Waals surface area (Å²) in [5.41, 5.74) is 1.71. The number of para-hydroxylation sites is 2. The molecule has 1 aliphatic heterocycles. The molecule has 0 bridgehead atoms. The Morgan fingerprint density at radius 2 is 1.84 bits per heavy atom. The Hall–Kier alpha value is -2.93. The first-order valence-electron chi connectivity index (χ1n) is 7.97. The van der Waals surface area contributed by atoms with Crippen molar-refractivity contribution in [1.29, 1.82) is 0 Å². The zero-order valence-electron chi connectivity index (χ0n) is 13.4. The third-order valence-corrected chi connectivity index (χ3v) is 4.99. The van der Waals surface area contributed by atoms with E-state index in [0.29, 0.717) is 18.2 Å². The molecule has 1 aromatic heterocycles. The van der Waals surface area contributed by atoms with E-state index in [4.69, 9.17) is 0 Å². The molecule has 0 saturated carbocycles. The number of thiazole rings is 1. The zero-order chi connectivity index (χ0) is 17.2. The molecule has 3 amide bonds. The molecule has 3 aromatic rings. The predicted molar refractivity (Wildman–Crippen MR) is 99.0 cm³/mol. The maximum atomic E-state index is 12.5. The number of aromatic nitrogens is 1. The van der Waals surface area contributed by atoms with Crippen LogP contribution in [-0.2, 0) is 4.79 Å². The minimum Gasteiger partial charge on any atom is -0.313 e. The van der Waals surface area contributed by atoms with Crippen molar-refractivity contribution in [3.05, 3.63) is 54.6 Å². The van der Waals surface area contributed by atoms with Gasteiger partial charge in [-0.25, -0.2) is 9.78 Å². The maximum absolute atomic E-state index is 12.5. The fourth-order valence-corrected chi connectivity index (χ4v) is 3.72. The number of carbonyl (C=O) groups excluding carboxylic acids is 2. The lowest BCUT2D eigenvalue weighted by molar-refractivity contribution is -0.116. The fraction of sp³-hybridized carbons (Fsp3) is 0.167. The highest BCUT2D eigenvalue weighted by Gasteiger charge is 2.30. The van der Waals surface area contributed by atoms with Crippen molar-refractivity contribution >= 4 is 44.3 Å². The summed E-state index contributed by atoms with van der Waals surface area (Å²) >= 11 is 1.42. The van der Waals surface area contributed by atoms with Gasteiger partial charge in [-0.15, -0.1) is 0 Å². The second kappa shape index (κ2) is 6.52. The molecule has 6 nitrogen and oxygen atoms in total. The molecule has 0 radical (unpaired) electrons. The number of nitrogens with zero attached hydrogens (tertiary/aromatic N) is 3. The Bertz CT molecular complexity index is 892. The van der Waals surface area contributed by atoms with Crippen LogP contribution >= 0.6 is 11.3 Å². The van der Waals surface area contributed by atoms with Gasteiger partial charge in [0.25, 0.3) is 0 Å². The fourth-order valence-electron chi connectivity index (χ4n) is 2.83. The van der Waals surface area contributed by atoms with E-state index in [1.54, 1.807) is 9.80 Å². The first-order chi connectivity index (χ1) is 12.2. The Labute approximate surface area is 148 Å². The smallest absolute Gasteiger partial charge is 0.313 e. The van der Waals surface area contributed by atoms with Gasteiger partial charge in [0.15, 0.2) is 5.13 Å². The van der Waals surface area contributed by atoms with Crippen molar-refractivity contribution in [2.75, 3.05) is 29.9 Å². The number of rotatable bonds is 4. The number of nitrogens with one attached hydrogen (secondary N) is 1. The minimum absolute atomic E-state index is 0.0259. The quantitative estimate of drug-likeness (QED) is 0.784. The van der Waals surface area contributed by atoms with E-state index in [0.717, 1.165) is 15.9 Å². The lowest BCUT2D eigenvalue weighted by Crippen LogP contribution is -2.37. The molecule has 1 saturated heterocycles. The van der Waals surface area contributed by atoms with Crippen molar-refractivity contribution in [2.45, 2.75) is 0 Å². The topological polar surface area (TPSA) is 65.5 Å². The molecule has 0 unspecified atom stereocenters. The van der Waals surface area contributed by atoms with Crippen LogP contribution in [0.5, 0.6) is 0 Å². The molecule has 4 rings (SSSR count). The van der Waals surface area contributed by atoms with Crippen molar-refractivity contribution < 1.29 is 9.59 Å². The second-order valence-corrected chi connectivity index (χ2v) is 6.76. The monoisotopic (exact) mass is 352 g/mol. The number of amides is 3. The average Bonchev–Trinajstić information content (AvgIpc) is 3.19. The first kappa shape index (κ1) is 15.6. The van der Waals surface area contributed by atoms with Gasteiger partial charge in [-0.05, 0) is 24.3 Å². The van der Waals surface area contributed by atoms with Gasteiger partial charge < -0.3 is 10.2 Å². The normalized spacial score (nSPS) is 14.3. The van der Waals surface area contributed by atoms with Crippen molar-refractivity contribution in [3.8, 4) is 0 Å². The molecular weight excluding hydrogens is 336 g/mol. The van der Waals surface area contributed by atoms with Gasteiger partial charge in [0.2, 0.25) is 5.91 Å². The van der Waals surface area contributed by atoms with Crippen molar-refractivity contribution in [3.63, 3.8) is 0 Å². The predicted octanol–water partition coefficient (Wildman–Crippen LogP) is 3.18. The molecule has 2 aromatic carbocycles. The first-order valence-corrected chi connectivity index (χ1v) is 8.79. The van der Waals surface area contributed by atoms with Gasteiger partial charge >= 0.3 is 6.03 Å². The Balaban J connectivity index is 1.40. The summed E-state index contributed by atoms with van der Waals surface area (Å²) in [4.78, 5) is 32.4. The third kappa shape index (κ3) is 3.18. The Morgan fingerprint density at radius 1 is 1.08 bits per heavy atom. The van der Waals surface area contributed by atoms with Gasteiger partial charge in [-0.2, -0.15) is 0 Å². The van der Waals surface area contributed by atoms with Crippen molar-refractivity contribution in [1.82, 2.24) is 9.88 Å². The van der Waals surface area contributed by atoms with Gasteiger partial charge in [0, 0.05) is 18.8 Å². The maximum Gasteiger partial charge on any atom is 0.325 e. The van der Waals surface area contributed by atoms with Crippen LogP contribution in [0.2, 0.25) is 0 Å². The van der Waals surface area contributed by atoms with E-state index in [9.17, 15) is 9.59 Å². The van der Waals surface area contributed by atoms with Crippen LogP contribution in [0.1, 0.15) is 0 Å². The standard InChI is InChI=1S/C18H16N4O2S/c23-16(20-17-19-14-8-4-5-9-15(14)25-17)12-21-10-11-22(18(21)24)13-6-2-1-3-7-13/h1-9H,10-12H2,(H,19,20,23). The molecule has 2 heterocycles. The van der Waals surface area contributed by atoms with Gasteiger partial charge in [0.1, 0.15) is 6.54 Å². The van der Waals surface area contributed by atoms with Gasteiger partial charge in [-0.3, -0.25) is 9.69 Å². The van der Waals surface area contributed by atoms with Crippen molar-refractivity contribution in [2.24, 2.45) is 0 Å². The van der Waals surface area contributed by atoms with E-state index in [1.807, 2.05) is 54.6 Å². The van der Waals surface area contributed by atoms with Crippen LogP contribution in [0.3, 0.4) is 0 Å². The van der Waals surface area contributed by atoms with E-state index in [2.05, 4.69) is 10.3 Å². The van der Waals surface area contributed by atoms with E-state index in [-0.39, 0.29) is 18.5 Å². The molecule has 25 heavy (non-hydrogen) atoms. The average molecular weight is 352 g/mol. The summed E-state index contributed by atoms with van der Waals surface area (Å²) in [5, 5.41) is 3.34. The Kier molecular flexibility index (Phi) is 4.07. The molecular formula is C18H16N4O2S. The minimum atomic E-state index is -0.234. The summed E-state index contributed by atoms with van der Waals surface area (Å²) in [6, 6.07) is 17.1. The van der Waals surface area contributed by atoms with Crippen LogP contribution in [0.25, 0.3) is 10.2 Å². The summed E-state index contributed by atoms with van der Waals surface area (Å²) in [6.45, 7) is 1.14. The van der Waals surface area contributed by atoms with E-state index in [1.165, 1.54) is 11.3 Å². The molecule has 0 aliphatic carbocycles. The molecule has 0 spiro atoms. The highest BCUT2D eigenvalue weighted by molar-refractivity contribution is 7.22. The summed E-state index contributed by atoms with van der Waals surface area (Å²) in [6.07, 6.45) is 0. The van der Waals surface area contributed by atoms with Gasteiger partial charge in [-0.1, -0.05) is 41.7 Å². The van der Waals surface area contributed by atoms with Crippen LogP contribution in [0.15, 0.2) is 54.6 Å². The van der Waals surface area contributed by atoms with Crippen LogP contribution < -0.4 is 10.2 Å². The molecule has 1 fully saturated rings. The molecule has 7 heteroatoms. The van der Waals surface area contributed by atoms with Crippen LogP contribution in [-0.4, -0.2) is 41.5 Å². The van der Waals surface area contributed by atoms with Crippen LogP contribution in [0.4, 0.5) is 15.6 Å².